The third kappa shape index (κ3) is 2.12. The molecule has 0 spiro atoms. The first-order valence-corrected chi connectivity index (χ1v) is 6.06. The molecule has 4 heteroatoms. The minimum atomic E-state index is -0.200. The number of hydrogen-bond acceptors (Lipinski definition) is 3. The second-order valence-electron chi connectivity index (χ2n) is 4.86. The zero-order valence-electron chi connectivity index (χ0n) is 9.64. The average Bonchev–Trinajstić information content (AvgIpc) is 3.07. The number of rotatable bonds is 3. The van der Waals surface area contributed by atoms with E-state index in [0.29, 0.717) is 12.5 Å². The summed E-state index contributed by atoms with van der Waals surface area (Å²) in [6.45, 7) is 1.67. The third-order valence-electron chi connectivity index (χ3n) is 3.50. The van der Waals surface area contributed by atoms with Crippen molar-refractivity contribution >= 4 is 5.96 Å². The van der Waals surface area contributed by atoms with Crippen LogP contribution in [-0.4, -0.2) is 23.9 Å². The zero-order chi connectivity index (χ0) is 11.8. The van der Waals surface area contributed by atoms with Gasteiger partial charge in [0.1, 0.15) is 5.82 Å². The van der Waals surface area contributed by atoms with Crippen LogP contribution in [-0.2, 0) is 0 Å². The highest BCUT2D eigenvalue weighted by Gasteiger charge is 2.32. The van der Waals surface area contributed by atoms with Gasteiger partial charge in [0.05, 0.1) is 12.6 Å². The van der Waals surface area contributed by atoms with Gasteiger partial charge in [-0.3, -0.25) is 4.99 Å². The highest BCUT2D eigenvalue weighted by atomic mass is 19.1. The molecule has 0 radical (unpaired) electrons. The Balaban J connectivity index is 1.79. The van der Waals surface area contributed by atoms with Gasteiger partial charge in [-0.05, 0) is 36.5 Å². The molecule has 1 aromatic rings. The topological polar surface area (TPSA) is 41.6 Å². The maximum Gasteiger partial charge on any atom is 0.191 e. The second-order valence-corrected chi connectivity index (χ2v) is 4.86. The lowest BCUT2D eigenvalue weighted by Crippen LogP contribution is -2.37. The Morgan fingerprint density at radius 2 is 2.00 bits per heavy atom. The van der Waals surface area contributed by atoms with Crippen LogP contribution in [0, 0.1) is 11.7 Å². The van der Waals surface area contributed by atoms with Crippen molar-refractivity contribution in [1.29, 1.82) is 0 Å². The molecular weight excluding hydrogens is 217 g/mol. The minimum absolute atomic E-state index is 0.191. The van der Waals surface area contributed by atoms with Crippen LogP contribution in [0.2, 0.25) is 0 Å². The Bertz CT molecular complexity index is 436. The molecule has 1 saturated carbocycles. The van der Waals surface area contributed by atoms with Crippen LogP contribution in [0.1, 0.15) is 24.4 Å². The largest absolute Gasteiger partial charge is 0.370 e. The van der Waals surface area contributed by atoms with Crippen LogP contribution in [0.3, 0.4) is 0 Å². The first-order valence-electron chi connectivity index (χ1n) is 6.06. The average molecular weight is 233 g/mol. The lowest BCUT2D eigenvalue weighted by atomic mass is 10.1. The molecule has 1 fully saturated rings. The summed E-state index contributed by atoms with van der Waals surface area (Å²) in [6, 6.07) is 6.84. The first-order chi connectivity index (χ1) is 8.24. The Kier molecular flexibility index (Phi) is 2.50. The summed E-state index contributed by atoms with van der Waals surface area (Å²) in [7, 11) is 0. The minimum Gasteiger partial charge on any atom is -0.370 e. The number of benzene rings is 1. The summed E-state index contributed by atoms with van der Waals surface area (Å²) < 4.78 is 12.9. The maximum absolute atomic E-state index is 12.9. The molecule has 17 heavy (non-hydrogen) atoms. The first kappa shape index (κ1) is 10.6. The number of nitrogens with zero attached hydrogens (tertiary/aromatic N) is 2. The summed E-state index contributed by atoms with van der Waals surface area (Å²) in [4.78, 5) is 6.46. The van der Waals surface area contributed by atoms with Crippen LogP contribution < -0.4 is 5.73 Å². The highest BCUT2D eigenvalue weighted by Crippen LogP contribution is 2.34. The van der Waals surface area contributed by atoms with Crippen molar-refractivity contribution in [3.63, 3.8) is 0 Å². The van der Waals surface area contributed by atoms with Gasteiger partial charge in [-0.15, -0.1) is 0 Å². The number of aliphatic imine (C=N–C) groups is 1. The predicted molar refractivity (Wildman–Crippen MR) is 65.1 cm³/mol. The quantitative estimate of drug-likeness (QED) is 0.866. The van der Waals surface area contributed by atoms with Gasteiger partial charge in [0.25, 0.3) is 0 Å². The molecule has 0 saturated heterocycles. The molecule has 1 atom stereocenters. The van der Waals surface area contributed by atoms with E-state index in [4.69, 9.17) is 5.73 Å². The molecule has 1 aliphatic heterocycles. The van der Waals surface area contributed by atoms with Crippen LogP contribution in [0.25, 0.3) is 0 Å². The Hall–Kier alpha value is -1.58. The van der Waals surface area contributed by atoms with E-state index in [2.05, 4.69) is 9.89 Å². The third-order valence-corrected chi connectivity index (χ3v) is 3.50. The summed E-state index contributed by atoms with van der Waals surface area (Å²) in [6.07, 6.45) is 2.58. The monoisotopic (exact) mass is 233 g/mol. The molecule has 0 aromatic heterocycles. The standard InChI is InChI=1S/C13H16FN3/c14-11-5-3-10(4-6-11)12-7-16-13(15)17(12)8-9-1-2-9/h3-6,9,12H,1-2,7-8H2,(H2,15,16). The molecule has 3 nitrogen and oxygen atoms in total. The van der Waals surface area contributed by atoms with Gasteiger partial charge in [0, 0.05) is 6.54 Å². The van der Waals surface area contributed by atoms with E-state index < -0.39 is 0 Å². The molecule has 1 heterocycles. The smallest absolute Gasteiger partial charge is 0.191 e. The van der Waals surface area contributed by atoms with E-state index >= 15 is 0 Å². The van der Waals surface area contributed by atoms with Crippen molar-refractivity contribution in [2.45, 2.75) is 18.9 Å². The second kappa shape index (κ2) is 4.02. The van der Waals surface area contributed by atoms with Crippen LogP contribution in [0.4, 0.5) is 4.39 Å². The molecule has 3 rings (SSSR count). The van der Waals surface area contributed by atoms with Crippen LogP contribution in [0.5, 0.6) is 0 Å². The molecule has 90 valence electrons. The fraction of sp³-hybridized carbons (Fsp3) is 0.462. The van der Waals surface area contributed by atoms with E-state index in [1.807, 2.05) is 12.1 Å². The normalized spacial score (nSPS) is 23.9. The van der Waals surface area contributed by atoms with E-state index in [1.165, 1.54) is 25.0 Å². The van der Waals surface area contributed by atoms with E-state index in [0.717, 1.165) is 18.0 Å². The Morgan fingerprint density at radius 3 is 2.65 bits per heavy atom. The van der Waals surface area contributed by atoms with Gasteiger partial charge in [0.2, 0.25) is 0 Å². The number of halogens is 1. The molecule has 1 aromatic carbocycles. The number of nitrogens with two attached hydrogens (primary N) is 1. The lowest BCUT2D eigenvalue weighted by molar-refractivity contribution is 0.333. The van der Waals surface area contributed by atoms with Crippen molar-refractivity contribution in [2.75, 3.05) is 13.1 Å². The summed E-state index contributed by atoms with van der Waals surface area (Å²) in [5.41, 5.74) is 7.01. The van der Waals surface area contributed by atoms with E-state index in [1.54, 1.807) is 0 Å². The van der Waals surface area contributed by atoms with Crippen LogP contribution in [0.15, 0.2) is 29.3 Å². The molecule has 0 bridgehead atoms. The van der Waals surface area contributed by atoms with Crippen molar-refractivity contribution in [2.24, 2.45) is 16.6 Å². The molecule has 0 amide bonds. The predicted octanol–water partition coefficient (Wildman–Crippen LogP) is 1.91. The van der Waals surface area contributed by atoms with Crippen LogP contribution >= 0.6 is 0 Å². The molecule has 2 aliphatic rings. The van der Waals surface area contributed by atoms with Crippen molar-refractivity contribution in [1.82, 2.24) is 4.90 Å². The zero-order valence-corrected chi connectivity index (χ0v) is 9.64. The van der Waals surface area contributed by atoms with Gasteiger partial charge in [-0.25, -0.2) is 4.39 Å². The summed E-state index contributed by atoms with van der Waals surface area (Å²) >= 11 is 0. The Morgan fingerprint density at radius 1 is 1.29 bits per heavy atom. The van der Waals surface area contributed by atoms with Crippen molar-refractivity contribution < 1.29 is 4.39 Å². The van der Waals surface area contributed by atoms with Gasteiger partial charge >= 0.3 is 0 Å². The lowest BCUT2D eigenvalue weighted by Gasteiger charge is -2.26. The molecule has 1 unspecified atom stereocenters. The summed E-state index contributed by atoms with van der Waals surface area (Å²) in [5.74, 6) is 1.20. The van der Waals surface area contributed by atoms with Crippen molar-refractivity contribution in [3.05, 3.63) is 35.6 Å². The number of hydrogen-bond donors (Lipinski definition) is 1. The SMILES string of the molecule is NC1=NCC(c2ccc(F)cc2)N1CC1CC1. The molecular formula is C13H16FN3. The fourth-order valence-corrected chi connectivity index (χ4v) is 2.30. The van der Waals surface area contributed by atoms with Gasteiger partial charge in [-0.1, -0.05) is 12.1 Å². The van der Waals surface area contributed by atoms with E-state index in [-0.39, 0.29) is 11.9 Å². The van der Waals surface area contributed by atoms with Gasteiger partial charge < -0.3 is 10.6 Å². The maximum atomic E-state index is 12.9. The van der Waals surface area contributed by atoms with Crippen molar-refractivity contribution in [3.8, 4) is 0 Å². The fourth-order valence-electron chi connectivity index (χ4n) is 2.30. The van der Waals surface area contributed by atoms with E-state index in [9.17, 15) is 4.39 Å². The number of guanidine groups is 1. The molecule has 2 N–H and O–H groups in total. The van der Waals surface area contributed by atoms with Gasteiger partial charge in [-0.2, -0.15) is 0 Å². The summed E-state index contributed by atoms with van der Waals surface area (Å²) in [5, 5.41) is 0. The van der Waals surface area contributed by atoms with Gasteiger partial charge in [0.15, 0.2) is 5.96 Å². The Labute approximate surface area is 100 Å². The molecule has 1 aliphatic carbocycles. The highest BCUT2D eigenvalue weighted by molar-refractivity contribution is 5.80.